The molecule has 0 saturated heterocycles. The average Bonchev–Trinajstić information content (AvgIpc) is 2.95. The Morgan fingerprint density at radius 2 is 1.96 bits per heavy atom. The summed E-state index contributed by atoms with van der Waals surface area (Å²) in [6, 6.07) is 9.78. The van der Waals surface area contributed by atoms with Crippen LogP contribution in [0.3, 0.4) is 0 Å². The second kappa shape index (κ2) is 6.57. The van der Waals surface area contributed by atoms with E-state index in [9.17, 15) is 0 Å². The van der Waals surface area contributed by atoms with Crippen molar-refractivity contribution in [3.05, 3.63) is 65.1 Å². The second-order valence-corrected chi connectivity index (χ2v) is 6.98. The summed E-state index contributed by atoms with van der Waals surface area (Å²) >= 11 is 1.70. The number of aryl methyl sites for hydroxylation is 2. The Morgan fingerprint density at radius 3 is 2.72 bits per heavy atom. The molecule has 0 aliphatic rings. The van der Waals surface area contributed by atoms with Crippen LogP contribution < -0.4 is 5.32 Å². The third kappa shape index (κ3) is 3.08. The predicted octanol–water partition coefficient (Wildman–Crippen LogP) is 4.38. The third-order valence-electron chi connectivity index (χ3n) is 4.11. The van der Waals surface area contributed by atoms with Gasteiger partial charge in [0.2, 0.25) is 0 Å². The monoisotopic (exact) mass is 347 g/mol. The van der Waals surface area contributed by atoms with E-state index in [1.165, 1.54) is 10.4 Å². The average molecular weight is 347 g/mol. The highest BCUT2D eigenvalue weighted by Crippen LogP contribution is 2.35. The fraction of sp³-hybridized carbons (Fsp3) is 0.158. The molecule has 1 N–H and O–H groups in total. The summed E-state index contributed by atoms with van der Waals surface area (Å²) in [5.74, 6) is 1.53. The summed E-state index contributed by atoms with van der Waals surface area (Å²) in [5.41, 5.74) is 3.11. The third-order valence-corrected chi connectivity index (χ3v) is 5.21. The molecule has 4 rings (SSSR count). The Hall–Kier alpha value is -2.86. The SMILES string of the molecule is Cc1sc2nc(-c3cccnc3)nc(NCc3ccccn3)c2c1C. The Kier molecular flexibility index (Phi) is 4.11. The van der Waals surface area contributed by atoms with Gasteiger partial charge in [0, 0.05) is 29.0 Å². The van der Waals surface area contributed by atoms with Gasteiger partial charge in [-0.15, -0.1) is 11.3 Å². The molecule has 4 heterocycles. The smallest absolute Gasteiger partial charge is 0.164 e. The first-order valence-electron chi connectivity index (χ1n) is 8.04. The Balaban J connectivity index is 1.80. The van der Waals surface area contributed by atoms with Crippen LogP contribution >= 0.6 is 11.3 Å². The molecule has 124 valence electrons. The van der Waals surface area contributed by atoms with Gasteiger partial charge in [-0.2, -0.15) is 0 Å². The molecule has 4 aromatic rings. The molecule has 0 aliphatic heterocycles. The molecule has 0 fully saturated rings. The maximum atomic E-state index is 4.78. The number of fused-ring (bicyclic) bond motifs is 1. The minimum Gasteiger partial charge on any atom is -0.364 e. The van der Waals surface area contributed by atoms with E-state index in [1.807, 2.05) is 30.3 Å². The fourth-order valence-electron chi connectivity index (χ4n) is 2.68. The van der Waals surface area contributed by atoms with Gasteiger partial charge in [-0.1, -0.05) is 6.07 Å². The molecule has 0 amide bonds. The second-order valence-electron chi connectivity index (χ2n) is 5.78. The largest absolute Gasteiger partial charge is 0.364 e. The van der Waals surface area contributed by atoms with Gasteiger partial charge in [0.05, 0.1) is 17.6 Å². The highest BCUT2D eigenvalue weighted by atomic mass is 32.1. The lowest BCUT2D eigenvalue weighted by atomic mass is 10.2. The maximum Gasteiger partial charge on any atom is 0.164 e. The number of hydrogen-bond acceptors (Lipinski definition) is 6. The molecule has 6 heteroatoms. The first kappa shape index (κ1) is 15.7. The van der Waals surface area contributed by atoms with Gasteiger partial charge in [-0.05, 0) is 43.7 Å². The van der Waals surface area contributed by atoms with Crippen LogP contribution in [0.2, 0.25) is 0 Å². The van der Waals surface area contributed by atoms with E-state index >= 15 is 0 Å². The van der Waals surface area contributed by atoms with Crippen molar-refractivity contribution in [2.45, 2.75) is 20.4 Å². The van der Waals surface area contributed by atoms with Crippen LogP contribution in [0.25, 0.3) is 21.6 Å². The first-order valence-corrected chi connectivity index (χ1v) is 8.86. The Morgan fingerprint density at radius 1 is 1.04 bits per heavy atom. The van der Waals surface area contributed by atoms with Gasteiger partial charge in [0.15, 0.2) is 5.82 Å². The van der Waals surface area contributed by atoms with Crippen LogP contribution in [0.4, 0.5) is 5.82 Å². The van der Waals surface area contributed by atoms with Gasteiger partial charge in [0.25, 0.3) is 0 Å². The normalized spacial score (nSPS) is 11.0. The van der Waals surface area contributed by atoms with E-state index in [4.69, 9.17) is 9.97 Å². The highest BCUT2D eigenvalue weighted by molar-refractivity contribution is 7.18. The predicted molar refractivity (Wildman–Crippen MR) is 102 cm³/mol. The summed E-state index contributed by atoms with van der Waals surface area (Å²) in [5, 5.41) is 4.53. The zero-order valence-corrected chi connectivity index (χ0v) is 14.8. The van der Waals surface area contributed by atoms with Crippen LogP contribution in [0.1, 0.15) is 16.1 Å². The quantitative estimate of drug-likeness (QED) is 0.593. The number of pyridine rings is 2. The van der Waals surface area contributed by atoms with Crippen LogP contribution in [-0.4, -0.2) is 19.9 Å². The van der Waals surface area contributed by atoms with Crippen LogP contribution in [0.5, 0.6) is 0 Å². The fourth-order valence-corrected chi connectivity index (χ4v) is 3.71. The molecule has 5 nitrogen and oxygen atoms in total. The number of aromatic nitrogens is 4. The number of hydrogen-bond donors (Lipinski definition) is 1. The first-order chi connectivity index (χ1) is 12.2. The van der Waals surface area contributed by atoms with Crippen molar-refractivity contribution >= 4 is 27.4 Å². The van der Waals surface area contributed by atoms with Crippen molar-refractivity contribution in [3.8, 4) is 11.4 Å². The van der Waals surface area contributed by atoms with E-state index in [0.717, 1.165) is 27.3 Å². The number of thiophene rings is 1. The van der Waals surface area contributed by atoms with Crippen molar-refractivity contribution in [2.75, 3.05) is 5.32 Å². The van der Waals surface area contributed by atoms with E-state index in [0.29, 0.717) is 12.4 Å². The maximum absolute atomic E-state index is 4.78. The topological polar surface area (TPSA) is 63.6 Å². The van der Waals surface area contributed by atoms with Crippen molar-refractivity contribution in [1.29, 1.82) is 0 Å². The molecular weight excluding hydrogens is 330 g/mol. The number of rotatable bonds is 4. The van der Waals surface area contributed by atoms with Crippen molar-refractivity contribution in [1.82, 2.24) is 19.9 Å². The molecule has 0 bridgehead atoms. The minimum atomic E-state index is 0.619. The molecule has 0 saturated carbocycles. The van der Waals surface area contributed by atoms with Gasteiger partial charge < -0.3 is 5.32 Å². The summed E-state index contributed by atoms with van der Waals surface area (Å²) in [4.78, 5) is 20.3. The molecule has 0 unspecified atom stereocenters. The molecule has 25 heavy (non-hydrogen) atoms. The van der Waals surface area contributed by atoms with Crippen LogP contribution in [0.15, 0.2) is 48.9 Å². The summed E-state index contributed by atoms with van der Waals surface area (Å²) in [6.45, 7) is 4.86. The lowest BCUT2D eigenvalue weighted by Crippen LogP contribution is -2.05. The molecule has 0 spiro atoms. The van der Waals surface area contributed by atoms with Crippen molar-refractivity contribution in [2.24, 2.45) is 0 Å². The minimum absolute atomic E-state index is 0.619. The number of anilines is 1. The molecule has 0 aromatic carbocycles. The van der Waals surface area contributed by atoms with E-state index in [-0.39, 0.29) is 0 Å². The van der Waals surface area contributed by atoms with Crippen LogP contribution in [-0.2, 0) is 6.54 Å². The molecule has 0 aliphatic carbocycles. The van der Waals surface area contributed by atoms with Crippen molar-refractivity contribution < 1.29 is 0 Å². The summed E-state index contributed by atoms with van der Waals surface area (Å²) in [7, 11) is 0. The van der Waals surface area contributed by atoms with E-state index in [2.05, 4.69) is 29.1 Å². The van der Waals surface area contributed by atoms with Gasteiger partial charge >= 0.3 is 0 Å². The van der Waals surface area contributed by atoms with Gasteiger partial charge in [-0.25, -0.2) is 9.97 Å². The number of nitrogens with one attached hydrogen (secondary N) is 1. The van der Waals surface area contributed by atoms with Gasteiger partial charge in [-0.3, -0.25) is 9.97 Å². The van der Waals surface area contributed by atoms with E-state index < -0.39 is 0 Å². The van der Waals surface area contributed by atoms with Crippen molar-refractivity contribution in [3.63, 3.8) is 0 Å². The Bertz CT molecular complexity index is 1010. The standard InChI is InChI=1S/C19H17N5S/c1-12-13(2)25-19-16(12)18(22-11-15-7-3-4-9-21-15)23-17(24-19)14-6-5-8-20-10-14/h3-10H,11H2,1-2H3,(H,22,23,24). The lowest BCUT2D eigenvalue weighted by molar-refractivity contribution is 1.03. The molecule has 0 atom stereocenters. The highest BCUT2D eigenvalue weighted by Gasteiger charge is 2.15. The van der Waals surface area contributed by atoms with Gasteiger partial charge in [0.1, 0.15) is 10.6 Å². The molecule has 0 radical (unpaired) electrons. The lowest BCUT2D eigenvalue weighted by Gasteiger charge is -2.09. The molecular formula is C19H17N5S. The molecule has 4 aromatic heterocycles. The van der Waals surface area contributed by atoms with Crippen LogP contribution in [0, 0.1) is 13.8 Å². The summed E-state index contributed by atoms with van der Waals surface area (Å²) < 4.78 is 0. The summed E-state index contributed by atoms with van der Waals surface area (Å²) in [6.07, 6.45) is 5.34. The van der Waals surface area contributed by atoms with E-state index in [1.54, 1.807) is 29.9 Å². The zero-order chi connectivity index (χ0) is 17.2. The number of nitrogens with zero attached hydrogens (tertiary/aromatic N) is 4. The Labute approximate surface area is 149 Å². The zero-order valence-electron chi connectivity index (χ0n) is 14.0.